The van der Waals surface area contributed by atoms with Crippen molar-refractivity contribution in [3.8, 4) is 0 Å². The number of alkyl halides is 3. The predicted octanol–water partition coefficient (Wildman–Crippen LogP) is 3.08. The first-order valence-electron chi connectivity index (χ1n) is 8.24. The van der Waals surface area contributed by atoms with E-state index < -0.39 is 23.7 Å². The van der Waals surface area contributed by atoms with Crippen LogP contribution in [0, 0.1) is 13.8 Å². The van der Waals surface area contributed by atoms with Gasteiger partial charge in [0.25, 0.3) is 5.91 Å². The van der Waals surface area contributed by atoms with Crippen molar-refractivity contribution in [2.45, 2.75) is 25.7 Å². The number of rotatable bonds is 6. The minimum atomic E-state index is -5.21. The maximum absolute atomic E-state index is 14.0. The molecule has 6 nitrogen and oxygen atoms in total. The molecule has 0 aliphatic carbocycles. The van der Waals surface area contributed by atoms with Gasteiger partial charge in [-0.05, 0) is 37.1 Å². The highest BCUT2D eigenvalue weighted by Crippen LogP contribution is 2.30. The van der Waals surface area contributed by atoms with Crippen molar-refractivity contribution in [2.75, 3.05) is 12.5 Å². The van der Waals surface area contributed by atoms with Gasteiger partial charge in [-0.2, -0.15) is 18.6 Å². The normalized spacial score (nSPS) is 13.4. The van der Waals surface area contributed by atoms with Crippen LogP contribution in [-0.2, 0) is 9.53 Å². The zero-order valence-electron chi connectivity index (χ0n) is 15.5. The molecule has 1 amide bonds. The van der Waals surface area contributed by atoms with Gasteiger partial charge < -0.3 is 15.5 Å². The highest BCUT2D eigenvalue weighted by Gasteiger charge is 2.63. The van der Waals surface area contributed by atoms with Crippen molar-refractivity contribution in [3.05, 3.63) is 65.2 Å². The predicted molar refractivity (Wildman–Crippen MR) is 97.4 cm³/mol. The molecule has 0 saturated heterocycles. The molecule has 0 spiro atoms. The standard InChI is InChI=1S/C19H20F3N3O3/c1-12-8-4-6-10-14(12)16(26)23-18(17(27)28-3,19(20,21)22)25-24-15-11-7-5-9-13(15)2/h4-11,24-25H,1-3H3,(H,23,26). The molecule has 9 heteroatoms. The van der Waals surface area contributed by atoms with Crippen LogP contribution < -0.4 is 16.2 Å². The van der Waals surface area contributed by atoms with Crippen LogP contribution in [0.5, 0.6) is 0 Å². The smallest absolute Gasteiger partial charge is 0.438 e. The van der Waals surface area contributed by atoms with Gasteiger partial charge in [0.2, 0.25) is 0 Å². The number of nitrogens with one attached hydrogen (secondary N) is 3. The van der Waals surface area contributed by atoms with E-state index >= 15 is 0 Å². The van der Waals surface area contributed by atoms with Gasteiger partial charge >= 0.3 is 17.8 Å². The van der Waals surface area contributed by atoms with E-state index in [2.05, 4.69) is 10.2 Å². The van der Waals surface area contributed by atoms with Crippen LogP contribution in [0.1, 0.15) is 21.5 Å². The highest BCUT2D eigenvalue weighted by atomic mass is 19.4. The molecule has 150 valence electrons. The third kappa shape index (κ3) is 4.25. The van der Waals surface area contributed by atoms with Gasteiger partial charge in [0.05, 0.1) is 12.8 Å². The summed E-state index contributed by atoms with van der Waals surface area (Å²) in [5.74, 6) is -2.80. The second-order valence-electron chi connectivity index (χ2n) is 6.07. The summed E-state index contributed by atoms with van der Waals surface area (Å²) in [6.45, 7) is 3.24. The Hall–Kier alpha value is -3.07. The van der Waals surface area contributed by atoms with Gasteiger partial charge in [-0.25, -0.2) is 4.79 Å². The molecule has 1 unspecified atom stereocenters. The van der Waals surface area contributed by atoms with Crippen molar-refractivity contribution in [3.63, 3.8) is 0 Å². The van der Waals surface area contributed by atoms with Crippen LogP contribution in [0.15, 0.2) is 48.5 Å². The van der Waals surface area contributed by atoms with Crippen LogP contribution in [-0.4, -0.2) is 30.8 Å². The van der Waals surface area contributed by atoms with Gasteiger partial charge in [-0.15, -0.1) is 0 Å². The maximum atomic E-state index is 14.0. The lowest BCUT2D eigenvalue weighted by Crippen LogP contribution is -2.73. The summed E-state index contributed by atoms with van der Waals surface area (Å²) in [5.41, 5.74) is 2.14. The monoisotopic (exact) mass is 395 g/mol. The van der Waals surface area contributed by atoms with Crippen LogP contribution in [0.4, 0.5) is 18.9 Å². The molecule has 0 saturated carbocycles. The molecule has 3 N–H and O–H groups in total. The fourth-order valence-electron chi connectivity index (χ4n) is 2.48. The largest absolute Gasteiger partial charge is 0.466 e. The molecule has 1 atom stereocenters. The molecule has 0 heterocycles. The molecule has 2 rings (SSSR count). The second kappa shape index (κ2) is 8.30. The summed E-state index contributed by atoms with van der Waals surface area (Å²) in [5, 5.41) is 1.76. The van der Waals surface area contributed by atoms with E-state index in [0.717, 1.165) is 7.11 Å². The summed E-state index contributed by atoms with van der Waals surface area (Å²) in [7, 11) is 0.804. The van der Waals surface area contributed by atoms with Crippen molar-refractivity contribution in [1.82, 2.24) is 10.7 Å². The van der Waals surface area contributed by atoms with Crippen LogP contribution in [0.3, 0.4) is 0 Å². The Kier molecular flexibility index (Phi) is 6.30. The Morgan fingerprint density at radius 3 is 2.04 bits per heavy atom. The maximum Gasteiger partial charge on any atom is 0.438 e. The van der Waals surface area contributed by atoms with E-state index in [1.807, 2.05) is 5.43 Å². The molecule has 0 aliphatic rings. The van der Waals surface area contributed by atoms with E-state index in [4.69, 9.17) is 0 Å². The second-order valence-corrected chi connectivity index (χ2v) is 6.07. The number of hydrazine groups is 1. The lowest BCUT2D eigenvalue weighted by molar-refractivity contribution is -0.215. The van der Waals surface area contributed by atoms with E-state index in [9.17, 15) is 22.8 Å². The Bertz CT molecular complexity index is 871. The first-order chi connectivity index (χ1) is 13.1. The first kappa shape index (κ1) is 21.2. The van der Waals surface area contributed by atoms with Gasteiger partial charge in [0.15, 0.2) is 0 Å². The number of halogens is 3. The van der Waals surface area contributed by atoms with Gasteiger partial charge in [0, 0.05) is 5.56 Å². The lowest BCUT2D eigenvalue weighted by atomic mass is 10.1. The Balaban J connectivity index is 2.43. The fraction of sp³-hybridized carbons (Fsp3) is 0.263. The molecule has 0 bridgehead atoms. The zero-order chi connectivity index (χ0) is 20.9. The highest BCUT2D eigenvalue weighted by molar-refractivity contribution is 5.99. The fourth-order valence-corrected chi connectivity index (χ4v) is 2.48. The Labute approximate surface area is 160 Å². The molecule has 0 aliphatic heterocycles. The molecule has 0 radical (unpaired) electrons. The first-order valence-corrected chi connectivity index (χ1v) is 8.24. The molecule has 0 aromatic heterocycles. The summed E-state index contributed by atoms with van der Waals surface area (Å²) in [4.78, 5) is 24.7. The SMILES string of the molecule is COC(=O)C(NNc1ccccc1C)(NC(=O)c1ccccc1C)C(F)(F)F. The molecule has 2 aromatic carbocycles. The van der Waals surface area contributed by atoms with E-state index in [1.165, 1.54) is 18.2 Å². The van der Waals surface area contributed by atoms with E-state index in [-0.39, 0.29) is 5.56 Å². The quantitative estimate of drug-likeness (QED) is 0.398. The molecule has 0 fully saturated rings. The number of hydrogen-bond donors (Lipinski definition) is 3. The third-order valence-electron chi connectivity index (χ3n) is 4.14. The number of ether oxygens (including phenoxy) is 1. The average Bonchev–Trinajstić information content (AvgIpc) is 2.64. The third-order valence-corrected chi connectivity index (χ3v) is 4.14. The zero-order valence-corrected chi connectivity index (χ0v) is 15.5. The van der Waals surface area contributed by atoms with Crippen LogP contribution >= 0.6 is 0 Å². The number of amides is 1. The number of carbonyl (C=O) groups excluding carboxylic acids is 2. The molecular formula is C19H20F3N3O3. The van der Waals surface area contributed by atoms with Gasteiger partial charge in [0.1, 0.15) is 0 Å². The Morgan fingerprint density at radius 1 is 0.929 bits per heavy atom. The van der Waals surface area contributed by atoms with E-state index in [1.54, 1.807) is 49.5 Å². The Morgan fingerprint density at radius 2 is 1.50 bits per heavy atom. The molecule has 2 aromatic rings. The van der Waals surface area contributed by atoms with E-state index in [0.29, 0.717) is 16.8 Å². The number of anilines is 1. The van der Waals surface area contributed by atoms with Gasteiger partial charge in [-0.1, -0.05) is 36.4 Å². The number of carbonyl (C=O) groups is 2. The number of benzene rings is 2. The minimum absolute atomic E-state index is 0.00211. The van der Waals surface area contributed by atoms with Crippen LogP contribution in [0.25, 0.3) is 0 Å². The average molecular weight is 395 g/mol. The lowest BCUT2D eigenvalue weighted by Gasteiger charge is -2.35. The van der Waals surface area contributed by atoms with Crippen LogP contribution in [0.2, 0.25) is 0 Å². The van der Waals surface area contributed by atoms with Crippen molar-refractivity contribution in [2.24, 2.45) is 0 Å². The number of para-hydroxylation sites is 1. The molecule has 28 heavy (non-hydrogen) atoms. The van der Waals surface area contributed by atoms with Crippen molar-refractivity contribution >= 4 is 17.6 Å². The minimum Gasteiger partial charge on any atom is -0.466 e. The summed E-state index contributed by atoms with van der Waals surface area (Å²) < 4.78 is 46.3. The number of aryl methyl sites for hydroxylation is 2. The summed E-state index contributed by atoms with van der Waals surface area (Å²) >= 11 is 0. The number of esters is 1. The van der Waals surface area contributed by atoms with Gasteiger partial charge in [-0.3, -0.25) is 4.79 Å². The summed E-state index contributed by atoms with van der Waals surface area (Å²) in [6, 6.07) is 12.6. The summed E-state index contributed by atoms with van der Waals surface area (Å²) in [6.07, 6.45) is -5.21. The van der Waals surface area contributed by atoms with Crippen molar-refractivity contribution in [1.29, 1.82) is 0 Å². The topological polar surface area (TPSA) is 79.5 Å². The number of hydrogen-bond acceptors (Lipinski definition) is 5. The number of methoxy groups -OCH3 is 1. The van der Waals surface area contributed by atoms with Crippen molar-refractivity contribution < 1.29 is 27.5 Å². The molecular weight excluding hydrogens is 375 g/mol.